The van der Waals surface area contributed by atoms with Crippen LogP contribution in [0.15, 0.2) is 18.2 Å². The number of nitrogens with zero attached hydrogens (tertiary/aromatic N) is 1. The van der Waals surface area contributed by atoms with Gasteiger partial charge in [-0.2, -0.15) is 0 Å². The number of rotatable bonds is 7. The highest BCUT2D eigenvalue weighted by atomic mass is 32.2. The number of esters is 1. The first-order valence-electron chi connectivity index (χ1n) is 7.62. The number of phenols is 1. The topological polar surface area (TPSA) is 105 Å². The highest BCUT2D eigenvalue weighted by Crippen LogP contribution is 2.21. The van der Waals surface area contributed by atoms with Crippen molar-refractivity contribution in [3.05, 3.63) is 23.8 Å². The van der Waals surface area contributed by atoms with Crippen molar-refractivity contribution < 1.29 is 27.8 Å². The van der Waals surface area contributed by atoms with Crippen molar-refractivity contribution in [3.8, 4) is 5.75 Å². The Morgan fingerprint density at radius 1 is 1.33 bits per heavy atom. The van der Waals surface area contributed by atoms with Crippen LogP contribution in [0, 0.1) is 0 Å². The lowest BCUT2D eigenvalue weighted by atomic mass is 10.2. The van der Waals surface area contributed by atoms with Gasteiger partial charge in [0.1, 0.15) is 5.75 Å². The molecule has 1 aromatic carbocycles. The zero-order valence-corrected chi connectivity index (χ0v) is 14.3. The van der Waals surface area contributed by atoms with E-state index in [1.807, 2.05) is 0 Å². The molecule has 0 bridgehead atoms. The normalized spacial score (nSPS) is 15.9. The second-order valence-corrected chi connectivity index (χ2v) is 7.33. The van der Waals surface area contributed by atoms with Crippen LogP contribution in [0.25, 0.3) is 0 Å². The van der Waals surface area contributed by atoms with E-state index < -0.39 is 16.0 Å². The van der Waals surface area contributed by atoms with Gasteiger partial charge in [-0.15, -0.1) is 0 Å². The Balaban J connectivity index is 1.93. The number of benzene rings is 1. The van der Waals surface area contributed by atoms with Crippen molar-refractivity contribution in [2.24, 2.45) is 0 Å². The second-order valence-electron chi connectivity index (χ2n) is 5.49. The Morgan fingerprint density at radius 2 is 2.04 bits per heavy atom. The summed E-state index contributed by atoms with van der Waals surface area (Å²) in [5, 5.41) is 9.62. The second kappa shape index (κ2) is 8.32. The molecule has 0 unspecified atom stereocenters. The summed E-state index contributed by atoms with van der Waals surface area (Å²) in [7, 11) is -2.36. The lowest BCUT2D eigenvalue weighted by molar-refractivity contribution is 0.0381. The maximum Gasteiger partial charge on any atom is 0.338 e. The smallest absolute Gasteiger partial charge is 0.338 e. The average molecular weight is 358 g/mol. The van der Waals surface area contributed by atoms with E-state index in [9.17, 15) is 18.3 Å². The molecule has 0 amide bonds. The first kappa shape index (κ1) is 18.5. The first-order chi connectivity index (χ1) is 11.4. The maximum absolute atomic E-state index is 12.2. The molecule has 2 N–H and O–H groups in total. The van der Waals surface area contributed by atoms with E-state index >= 15 is 0 Å². The summed E-state index contributed by atoms with van der Waals surface area (Å²) >= 11 is 0. The number of carbonyl (C=O) groups is 1. The van der Waals surface area contributed by atoms with Crippen LogP contribution in [0.3, 0.4) is 0 Å². The third-order valence-electron chi connectivity index (χ3n) is 3.60. The van der Waals surface area contributed by atoms with E-state index in [4.69, 9.17) is 4.74 Å². The molecule has 1 fully saturated rings. The quantitative estimate of drug-likeness (QED) is 0.689. The number of ether oxygens (including phenoxy) is 2. The largest absolute Gasteiger partial charge is 0.508 e. The summed E-state index contributed by atoms with van der Waals surface area (Å²) in [6, 6.07) is 3.78. The molecule has 1 aliphatic heterocycles. The fourth-order valence-corrected chi connectivity index (χ4v) is 3.53. The molecular weight excluding hydrogens is 336 g/mol. The maximum atomic E-state index is 12.2. The van der Waals surface area contributed by atoms with Crippen molar-refractivity contribution in [2.75, 3.05) is 50.4 Å². The average Bonchev–Trinajstić information content (AvgIpc) is 2.53. The summed E-state index contributed by atoms with van der Waals surface area (Å²) in [4.78, 5) is 13.7. The number of carbonyl (C=O) groups excluding carboxylic acids is 1. The van der Waals surface area contributed by atoms with Gasteiger partial charge in [-0.1, -0.05) is 0 Å². The first-order valence-corrected chi connectivity index (χ1v) is 9.28. The molecule has 1 heterocycles. The van der Waals surface area contributed by atoms with E-state index in [1.54, 1.807) is 0 Å². The van der Waals surface area contributed by atoms with Gasteiger partial charge in [0, 0.05) is 19.2 Å². The molecule has 1 saturated heterocycles. The molecule has 0 radical (unpaired) electrons. The monoisotopic (exact) mass is 358 g/mol. The van der Waals surface area contributed by atoms with Gasteiger partial charge >= 0.3 is 5.97 Å². The molecular formula is C15H22N2O6S. The summed E-state index contributed by atoms with van der Waals surface area (Å²) in [5.41, 5.74) is 0.199. The zero-order chi connectivity index (χ0) is 17.6. The lowest BCUT2D eigenvalue weighted by Gasteiger charge is -2.26. The van der Waals surface area contributed by atoms with Crippen molar-refractivity contribution in [1.29, 1.82) is 0 Å². The fraction of sp³-hybridized carbons (Fsp3) is 0.533. The minimum absolute atomic E-state index is 0.0480. The van der Waals surface area contributed by atoms with Gasteiger partial charge in [0.2, 0.25) is 10.0 Å². The van der Waals surface area contributed by atoms with Crippen LogP contribution < -0.4 is 4.72 Å². The van der Waals surface area contributed by atoms with Crippen LogP contribution >= 0.6 is 0 Å². The number of sulfonamides is 1. The van der Waals surface area contributed by atoms with Gasteiger partial charge < -0.3 is 14.6 Å². The molecule has 0 spiro atoms. The Hall–Kier alpha value is -1.84. The SMILES string of the molecule is COC(=O)c1cc(O)cc(NS(=O)(=O)CCCN2CCOCC2)c1. The number of nitrogens with one attached hydrogen (secondary N) is 1. The van der Waals surface area contributed by atoms with Crippen molar-refractivity contribution in [3.63, 3.8) is 0 Å². The highest BCUT2D eigenvalue weighted by molar-refractivity contribution is 7.92. The summed E-state index contributed by atoms with van der Waals surface area (Å²) in [6.07, 6.45) is 0.484. The van der Waals surface area contributed by atoms with Crippen LogP contribution in [-0.4, -0.2) is 70.1 Å². The molecule has 0 aliphatic carbocycles. The number of hydrogen-bond acceptors (Lipinski definition) is 7. The Kier molecular flexibility index (Phi) is 6.41. The van der Waals surface area contributed by atoms with Crippen LogP contribution in [0.2, 0.25) is 0 Å². The van der Waals surface area contributed by atoms with Gasteiger partial charge in [0.15, 0.2) is 0 Å². The Labute approximate surface area is 141 Å². The Morgan fingerprint density at radius 3 is 2.71 bits per heavy atom. The van der Waals surface area contributed by atoms with Crippen molar-refractivity contribution in [2.45, 2.75) is 6.42 Å². The molecule has 24 heavy (non-hydrogen) atoms. The number of hydrogen-bond donors (Lipinski definition) is 2. The third kappa shape index (κ3) is 5.66. The minimum Gasteiger partial charge on any atom is -0.508 e. The number of methoxy groups -OCH3 is 1. The Bertz CT molecular complexity index is 671. The molecule has 9 heteroatoms. The van der Waals surface area contributed by atoms with E-state index in [0.29, 0.717) is 26.2 Å². The summed E-state index contributed by atoms with van der Waals surface area (Å²) < 4.78 is 36.5. The van der Waals surface area contributed by atoms with Gasteiger partial charge in [0.25, 0.3) is 0 Å². The fourth-order valence-electron chi connectivity index (χ4n) is 2.44. The van der Waals surface area contributed by atoms with E-state index in [-0.39, 0.29) is 22.8 Å². The molecule has 2 rings (SSSR count). The van der Waals surface area contributed by atoms with Gasteiger partial charge in [-0.3, -0.25) is 9.62 Å². The van der Waals surface area contributed by atoms with E-state index in [1.165, 1.54) is 25.3 Å². The van der Waals surface area contributed by atoms with Crippen molar-refractivity contribution >= 4 is 21.7 Å². The third-order valence-corrected chi connectivity index (χ3v) is 4.98. The number of phenolic OH excluding ortho intramolecular Hbond substituents is 1. The molecule has 134 valence electrons. The molecule has 0 saturated carbocycles. The molecule has 0 atom stereocenters. The highest BCUT2D eigenvalue weighted by Gasteiger charge is 2.16. The predicted octanol–water partition coefficient (Wildman–Crippen LogP) is 0.643. The van der Waals surface area contributed by atoms with E-state index in [0.717, 1.165) is 13.1 Å². The van der Waals surface area contributed by atoms with Crippen LogP contribution in [0.1, 0.15) is 16.8 Å². The molecule has 8 nitrogen and oxygen atoms in total. The van der Waals surface area contributed by atoms with E-state index in [2.05, 4.69) is 14.4 Å². The summed E-state index contributed by atoms with van der Waals surface area (Å²) in [6.45, 7) is 3.64. The van der Waals surface area contributed by atoms with Gasteiger partial charge in [-0.25, -0.2) is 13.2 Å². The number of morpholine rings is 1. The predicted molar refractivity (Wildman–Crippen MR) is 88.7 cm³/mol. The molecule has 1 aromatic rings. The van der Waals surface area contributed by atoms with Gasteiger partial charge in [-0.05, 0) is 25.1 Å². The van der Waals surface area contributed by atoms with Crippen LogP contribution in [0.4, 0.5) is 5.69 Å². The number of aromatic hydroxyl groups is 1. The molecule has 1 aliphatic rings. The summed E-state index contributed by atoms with van der Waals surface area (Å²) in [5.74, 6) is -0.921. The standard InChI is InChI=1S/C15H22N2O6S/c1-22-15(19)12-9-13(11-14(18)10-12)16-24(20,21)8-2-3-17-4-6-23-7-5-17/h9-11,16,18H,2-8H2,1H3. The minimum atomic E-state index is -3.57. The van der Waals surface area contributed by atoms with Crippen LogP contribution in [-0.2, 0) is 19.5 Å². The lowest BCUT2D eigenvalue weighted by Crippen LogP contribution is -2.37. The van der Waals surface area contributed by atoms with Crippen molar-refractivity contribution in [1.82, 2.24) is 4.90 Å². The van der Waals surface area contributed by atoms with Crippen LogP contribution in [0.5, 0.6) is 5.75 Å². The van der Waals surface area contributed by atoms with Gasteiger partial charge in [0.05, 0.1) is 37.3 Å². The molecule has 0 aromatic heterocycles. The number of anilines is 1. The zero-order valence-electron chi connectivity index (χ0n) is 13.5.